The van der Waals surface area contributed by atoms with Gasteiger partial charge in [0.2, 0.25) is 0 Å². The van der Waals surface area contributed by atoms with Gasteiger partial charge in [-0.25, -0.2) is 0 Å². The van der Waals surface area contributed by atoms with E-state index < -0.39 is 0 Å². The van der Waals surface area contributed by atoms with Gasteiger partial charge in [0.25, 0.3) is 0 Å². The van der Waals surface area contributed by atoms with E-state index in [1.165, 1.54) is 5.56 Å². The average Bonchev–Trinajstić information content (AvgIpc) is 2.26. The number of nitrogens with zero attached hydrogens (tertiary/aromatic N) is 2. The lowest BCUT2D eigenvalue weighted by Crippen LogP contribution is -2.40. The Morgan fingerprint density at radius 2 is 2.13 bits per heavy atom. The lowest BCUT2D eigenvalue weighted by molar-refractivity contribution is 0.316. The highest BCUT2D eigenvalue weighted by Crippen LogP contribution is 2.01. The first-order chi connectivity index (χ1) is 7.11. The molecule has 0 saturated heterocycles. The molecule has 0 aliphatic rings. The van der Waals surface area contributed by atoms with Crippen molar-refractivity contribution in [3.63, 3.8) is 0 Å². The van der Waals surface area contributed by atoms with Crippen LogP contribution in [0.15, 0.2) is 24.5 Å². The van der Waals surface area contributed by atoms with Crippen molar-refractivity contribution in [1.29, 1.82) is 0 Å². The average molecular weight is 223 g/mol. The van der Waals surface area contributed by atoms with Gasteiger partial charge in [0.1, 0.15) is 0 Å². The van der Waals surface area contributed by atoms with Gasteiger partial charge in [-0.3, -0.25) is 9.88 Å². The monoisotopic (exact) mass is 223 g/mol. The maximum absolute atomic E-state index is 5.59. The summed E-state index contributed by atoms with van der Waals surface area (Å²) < 4.78 is 0. The molecule has 2 N–H and O–H groups in total. The first-order valence-corrected chi connectivity index (χ1v) is 5.40. The van der Waals surface area contributed by atoms with Crippen LogP contribution in [-0.4, -0.2) is 34.5 Å². The molecule has 0 aliphatic heterocycles. The summed E-state index contributed by atoms with van der Waals surface area (Å²) in [5.74, 6) is 0. The molecule has 0 fully saturated rings. The van der Waals surface area contributed by atoms with Crippen molar-refractivity contribution in [2.45, 2.75) is 19.4 Å². The highest BCUT2D eigenvalue weighted by molar-refractivity contribution is 7.80. The van der Waals surface area contributed by atoms with E-state index in [2.05, 4.69) is 9.88 Å². The van der Waals surface area contributed by atoms with E-state index in [1.54, 1.807) is 0 Å². The van der Waals surface area contributed by atoms with Crippen LogP contribution in [0.5, 0.6) is 0 Å². The maximum atomic E-state index is 5.59. The van der Waals surface area contributed by atoms with Crippen molar-refractivity contribution in [3.8, 4) is 0 Å². The molecule has 4 heteroatoms. The van der Waals surface area contributed by atoms with E-state index in [0.29, 0.717) is 4.99 Å². The number of rotatable bonds is 5. The van der Waals surface area contributed by atoms with Crippen LogP contribution >= 0.6 is 12.2 Å². The van der Waals surface area contributed by atoms with Crippen LogP contribution in [0.4, 0.5) is 0 Å². The summed E-state index contributed by atoms with van der Waals surface area (Å²) in [6, 6.07) is 4.21. The summed E-state index contributed by atoms with van der Waals surface area (Å²) in [4.78, 5) is 6.69. The third-order valence-electron chi connectivity index (χ3n) is 2.58. The number of nitrogens with two attached hydrogens (primary N) is 1. The summed E-state index contributed by atoms with van der Waals surface area (Å²) in [5, 5.41) is 0. The molecule has 0 aromatic carbocycles. The van der Waals surface area contributed by atoms with Crippen molar-refractivity contribution in [2.24, 2.45) is 5.73 Å². The van der Waals surface area contributed by atoms with E-state index in [9.17, 15) is 0 Å². The maximum Gasteiger partial charge on any atom is 0.0899 e. The minimum atomic E-state index is 0.154. The second-order valence-corrected chi connectivity index (χ2v) is 4.14. The predicted molar refractivity (Wildman–Crippen MR) is 66.8 cm³/mol. The molecule has 15 heavy (non-hydrogen) atoms. The Labute approximate surface area is 96.3 Å². The number of pyridine rings is 1. The predicted octanol–water partition coefficient (Wildman–Crippen LogP) is 1.23. The van der Waals surface area contributed by atoms with Gasteiger partial charge in [-0.2, -0.15) is 0 Å². The molecule has 1 atom stereocenters. The van der Waals surface area contributed by atoms with Crippen LogP contribution in [0.2, 0.25) is 0 Å². The summed E-state index contributed by atoms with van der Waals surface area (Å²) >= 11 is 4.95. The van der Waals surface area contributed by atoms with Crippen LogP contribution in [0, 0.1) is 0 Å². The van der Waals surface area contributed by atoms with Crippen molar-refractivity contribution >= 4 is 17.2 Å². The van der Waals surface area contributed by atoms with Crippen molar-refractivity contribution in [3.05, 3.63) is 30.1 Å². The smallest absolute Gasteiger partial charge is 0.0899 e. The lowest BCUT2D eigenvalue weighted by Gasteiger charge is -2.23. The molecule has 1 heterocycles. The molecule has 82 valence electrons. The van der Waals surface area contributed by atoms with Gasteiger partial charge in [0, 0.05) is 18.9 Å². The molecule has 1 rings (SSSR count). The van der Waals surface area contributed by atoms with Crippen LogP contribution < -0.4 is 5.73 Å². The van der Waals surface area contributed by atoms with Gasteiger partial charge in [-0.05, 0) is 38.1 Å². The molecule has 0 aliphatic carbocycles. The molecule has 1 unspecified atom stereocenters. The van der Waals surface area contributed by atoms with Gasteiger partial charge >= 0.3 is 0 Å². The van der Waals surface area contributed by atoms with E-state index in [4.69, 9.17) is 18.0 Å². The normalized spacial score (nSPS) is 12.7. The van der Waals surface area contributed by atoms with Crippen molar-refractivity contribution in [2.75, 3.05) is 13.6 Å². The van der Waals surface area contributed by atoms with E-state index in [1.807, 2.05) is 38.5 Å². The Kier molecular flexibility index (Phi) is 4.65. The van der Waals surface area contributed by atoms with E-state index in [0.717, 1.165) is 13.0 Å². The summed E-state index contributed by atoms with van der Waals surface area (Å²) in [6.07, 6.45) is 4.62. The van der Waals surface area contributed by atoms with Gasteiger partial charge in [0.15, 0.2) is 0 Å². The second-order valence-electron chi connectivity index (χ2n) is 3.66. The Morgan fingerprint density at radius 3 is 2.67 bits per heavy atom. The Morgan fingerprint density at radius 1 is 1.53 bits per heavy atom. The zero-order valence-corrected chi connectivity index (χ0v) is 10.00. The number of hydrogen-bond acceptors (Lipinski definition) is 3. The topological polar surface area (TPSA) is 42.1 Å². The lowest BCUT2D eigenvalue weighted by atomic mass is 10.2. The largest absolute Gasteiger partial charge is 0.392 e. The summed E-state index contributed by atoms with van der Waals surface area (Å²) in [6.45, 7) is 2.97. The molecule has 1 aromatic rings. The Bertz CT molecular complexity index is 313. The molecule has 0 saturated carbocycles. The molecule has 3 nitrogen and oxygen atoms in total. The minimum absolute atomic E-state index is 0.154. The number of thiocarbonyl (C=S) groups is 1. The summed E-state index contributed by atoms with van der Waals surface area (Å²) in [7, 11) is 2.03. The molecule has 0 amide bonds. The second kappa shape index (κ2) is 5.78. The van der Waals surface area contributed by atoms with Crippen LogP contribution in [0.3, 0.4) is 0 Å². The fourth-order valence-corrected chi connectivity index (χ4v) is 1.45. The fourth-order valence-electron chi connectivity index (χ4n) is 1.27. The molecular weight excluding hydrogens is 206 g/mol. The van der Waals surface area contributed by atoms with Gasteiger partial charge in [-0.1, -0.05) is 12.2 Å². The first kappa shape index (κ1) is 12.1. The molecular formula is C11H17N3S. The number of likely N-dealkylation sites (N-methyl/N-ethyl adjacent to an activating group) is 1. The number of aromatic nitrogens is 1. The third-order valence-corrected chi connectivity index (χ3v) is 2.92. The van der Waals surface area contributed by atoms with Crippen LogP contribution in [0.25, 0.3) is 0 Å². The van der Waals surface area contributed by atoms with E-state index >= 15 is 0 Å². The van der Waals surface area contributed by atoms with Crippen molar-refractivity contribution < 1.29 is 0 Å². The first-order valence-electron chi connectivity index (χ1n) is 4.99. The van der Waals surface area contributed by atoms with Crippen LogP contribution in [0.1, 0.15) is 12.5 Å². The Balaban J connectivity index is 2.41. The third kappa shape index (κ3) is 3.93. The minimum Gasteiger partial charge on any atom is -0.392 e. The molecule has 0 bridgehead atoms. The molecule has 0 spiro atoms. The quantitative estimate of drug-likeness (QED) is 0.762. The highest BCUT2D eigenvalue weighted by atomic mass is 32.1. The molecule has 0 radical (unpaired) electrons. The highest BCUT2D eigenvalue weighted by Gasteiger charge is 2.10. The SMILES string of the molecule is CC(C(N)=S)N(C)CCc1ccncc1. The fraction of sp³-hybridized carbons (Fsp3) is 0.455. The summed E-state index contributed by atoms with van der Waals surface area (Å²) in [5.41, 5.74) is 6.87. The van der Waals surface area contributed by atoms with Gasteiger partial charge in [0.05, 0.1) is 11.0 Å². The van der Waals surface area contributed by atoms with Gasteiger partial charge in [-0.15, -0.1) is 0 Å². The van der Waals surface area contributed by atoms with Crippen LogP contribution in [-0.2, 0) is 6.42 Å². The standard InChI is InChI=1S/C11H17N3S/c1-9(11(12)15)14(2)8-5-10-3-6-13-7-4-10/h3-4,6-7,9H,5,8H2,1-2H3,(H2,12,15). The van der Waals surface area contributed by atoms with E-state index in [-0.39, 0.29) is 6.04 Å². The zero-order chi connectivity index (χ0) is 11.3. The molecule has 1 aromatic heterocycles. The Hall–Kier alpha value is -1.00. The zero-order valence-electron chi connectivity index (χ0n) is 9.18. The number of hydrogen-bond donors (Lipinski definition) is 1. The van der Waals surface area contributed by atoms with Crippen molar-refractivity contribution in [1.82, 2.24) is 9.88 Å². The van der Waals surface area contributed by atoms with Gasteiger partial charge < -0.3 is 5.73 Å².